The lowest BCUT2D eigenvalue weighted by Gasteiger charge is -2.33. The normalized spacial score (nSPS) is 18.3. The Morgan fingerprint density at radius 3 is 2.29 bits per heavy atom. The van der Waals surface area contributed by atoms with Gasteiger partial charge in [-0.2, -0.15) is 0 Å². The number of rotatable bonds is 5. The van der Waals surface area contributed by atoms with Crippen LogP contribution in [0.25, 0.3) is 0 Å². The highest BCUT2D eigenvalue weighted by Crippen LogP contribution is 2.36. The number of nitrogens with one attached hydrogen (secondary N) is 1. The molecule has 2 rings (SSSR count). The van der Waals surface area contributed by atoms with E-state index in [-0.39, 0.29) is 11.4 Å². The molecule has 0 saturated heterocycles. The van der Waals surface area contributed by atoms with Crippen LogP contribution in [0.5, 0.6) is 0 Å². The van der Waals surface area contributed by atoms with E-state index in [1.165, 1.54) is 12.1 Å². The second-order valence-electron chi connectivity index (χ2n) is 5.42. The summed E-state index contributed by atoms with van der Waals surface area (Å²) in [6.07, 6.45) is 3.73. The van der Waals surface area contributed by atoms with Gasteiger partial charge in [0.25, 0.3) is 0 Å². The van der Waals surface area contributed by atoms with Crippen LogP contribution in [-0.4, -0.2) is 26.0 Å². The van der Waals surface area contributed by atoms with Crippen LogP contribution in [0.4, 0.5) is 0 Å². The van der Waals surface area contributed by atoms with Crippen LogP contribution in [0.1, 0.15) is 32.1 Å². The molecule has 21 heavy (non-hydrogen) atoms. The van der Waals surface area contributed by atoms with Crippen molar-refractivity contribution < 1.29 is 18.3 Å². The lowest BCUT2D eigenvalue weighted by atomic mass is 9.74. The Morgan fingerprint density at radius 1 is 1.19 bits per heavy atom. The maximum absolute atomic E-state index is 12.2. The fourth-order valence-corrected chi connectivity index (χ4v) is 4.11. The fraction of sp³-hybridized carbons (Fsp3) is 0.500. The summed E-state index contributed by atoms with van der Waals surface area (Å²) in [4.78, 5) is 11.7. The first-order valence-electron chi connectivity index (χ1n) is 6.84. The number of aliphatic carboxylic acids is 1. The molecule has 1 aliphatic rings. The number of carboxylic acid groups (broad SMARTS) is 1. The third kappa shape index (κ3) is 3.95. The molecular formula is C14H18INO4S. The maximum atomic E-state index is 12.2. The van der Waals surface area contributed by atoms with E-state index < -0.39 is 21.4 Å². The topological polar surface area (TPSA) is 83.5 Å². The molecule has 0 heterocycles. The summed E-state index contributed by atoms with van der Waals surface area (Å²) < 4.78 is 27.9. The van der Waals surface area contributed by atoms with Gasteiger partial charge in [-0.25, -0.2) is 13.1 Å². The van der Waals surface area contributed by atoms with Gasteiger partial charge in [0.15, 0.2) is 0 Å². The van der Waals surface area contributed by atoms with Crippen molar-refractivity contribution in [3.63, 3.8) is 0 Å². The molecule has 1 saturated carbocycles. The first-order chi connectivity index (χ1) is 9.86. The average molecular weight is 423 g/mol. The molecule has 5 nitrogen and oxygen atoms in total. The van der Waals surface area contributed by atoms with Crippen molar-refractivity contribution in [2.24, 2.45) is 5.41 Å². The van der Waals surface area contributed by atoms with Gasteiger partial charge >= 0.3 is 5.97 Å². The first kappa shape index (κ1) is 16.7. The molecule has 0 amide bonds. The Morgan fingerprint density at radius 2 is 1.76 bits per heavy atom. The molecule has 0 aliphatic heterocycles. The van der Waals surface area contributed by atoms with Crippen LogP contribution < -0.4 is 4.72 Å². The molecule has 0 aromatic heterocycles. The van der Waals surface area contributed by atoms with Crippen molar-refractivity contribution in [1.29, 1.82) is 0 Å². The zero-order valence-electron chi connectivity index (χ0n) is 11.5. The minimum Gasteiger partial charge on any atom is -0.481 e. The molecular weight excluding hydrogens is 405 g/mol. The number of carboxylic acids is 1. The minimum atomic E-state index is -3.66. The van der Waals surface area contributed by atoms with Gasteiger partial charge in [-0.15, -0.1) is 0 Å². The number of benzene rings is 1. The van der Waals surface area contributed by atoms with E-state index in [2.05, 4.69) is 27.3 Å². The molecule has 0 atom stereocenters. The summed E-state index contributed by atoms with van der Waals surface area (Å²) in [5, 5.41) is 9.46. The van der Waals surface area contributed by atoms with Crippen LogP contribution in [0.15, 0.2) is 29.2 Å². The lowest BCUT2D eigenvalue weighted by Crippen LogP contribution is -2.44. The van der Waals surface area contributed by atoms with E-state index in [1.807, 2.05) is 0 Å². The van der Waals surface area contributed by atoms with Gasteiger partial charge in [-0.05, 0) is 59.7 Å². The average Bonchev–Trinajstić information content (AvgIpc) is 2.46. The van der Waals surface area contributed by atoms with Gasteiger partial charge in [0, 0.05) is 10.1 Å². The smallest absolute Gasteiger partial charge is 0.310 e. The van der Waals surface area contributed by atoms with Gasteiger partial charge < -0.3 is 5.11 Å². The summed E-state index contributed by atoms with van der Waals surface area (Å²) in [5.74, 6) is -0.910. The van der Waals surface area contributed by atoms with Crippen molar-refractivity contribution in [2.45, 2.75) is 37.0 Å². The van der Waals surface area contributed by atoms with Gasteiger partial charge in [0.05, 0.1) is 10.3 Å². The highest BCUT2D eigenvalue weighted by molar-refractivity contribution is 14.1. The Hall–Kier alpha value is -0.670. The molecule has 116 valence electrons. The maximum Gasteiger partial charge on any atom is 0.310 e. The van der Waals surface area contributed by atoms with E-state index in [4.69, 9.17) is 0 Å². The SMILES string of the molecule is O=C(O)C1(CNS(=O)(=O)c2ccc(I)cc2)CCCCC1. The number of halogens is 1. The molecule has 1 fully saturated rings. The predicted molar refractivity (Wildman–Crippen MR) is 87.5 cm³/mol. The van der Waals surface area contributed by atoms with Crippen molar-refractivity contribution in [3.05, 3.63) is 27.8 Å². The summed E-state index contributed by atoms with van der Waals surface area (Å²) in [6, 6.07) is 6.47. The quantitative estimate of drug-likeness (QED) is 0.714. The third-order valence-corrected chi connectivity index (χ3v) is 6.13. The number of hydrogen-bond acceptors (Lipinski definition) is 3. The number of carbonyl (C=O) groups is 1. The van der Waals surface area contributed by atoms with Gasteiger partial charge in [-0.1, -0.05) is 19.3 Å². The van der Waals surface area contributed by atoms with Crippen molar-refractivity contribution in [3.8, 4) is 0 Å². The molecule has 2 N–H and O–H groups in total. The molecule has 1 aliphatic carbocycles. The minimum absolute atomic E-state index is 0.0450. The Bertz CT molecular complexity index is 606. The van der Waals surface area contributed by atoms with Crippen LogP contribution in [0.3, 0.4) is 0 Å². The van der Waals surface area contributed by atoms with Crippen LogP contribution in [0, 0.1) is 8.99 Å². The standard InChI is InChI=1S/C14H18INO4S/c15-11-4-6-12(7-5-11)21(19,20)16-10-14(13(17)18)8-2-1-3-9-14/h4-7,16H,1-3,8-10H2,(H,17,18). The number of hydrogen-bond donors (Lipinski definition) is 2. The Kier molecular flexibility index (Phi) is 5.26. The van der Waals surface area contributed by atoms with Gasteiger partial charge in [0.2, 0.25) is 10.0 Å². The van der Waals surface area contributed by atoms with Crippen LogP contribution in [0.2, 0.25) is 0 Å². The molecule has 0 bridgehead atoms. The van der Waals surface area contributed by atoms with Crippen molar-refractivity contribution in [2.75, 3.05) is 6.54 Å². The van der Waals surface area contributed by atoms with Gasteiger partial charge in [0.1, 0.15) is 0 Å². The Labute approximate surface area is 138 Å². The predicted octanol–water partition coefficient (Wildman–Crippen LogP) is 2.60. The fourth-order valence-electron chi connectivity index (χ4n) is 2.63. The highest BCUT2D eigenvalue weighted by Gasteiger charge is 2.40. The van der Waals surface area contributed by atoms with Crippen LogP contribution >= 0.6 is 22.6 Å². The van der Waals surface area contributed by atoms with E-state index in [9.17, 15) is 18.3 Å². The Balaban J connectivity index is 2.13. The number of sulfonamides is 1. The highest BCUT2D eigenvalue weighted by atomic mass is 127. The van der Waals surface area contributed by atoms with E-state index in [0.29, 0.717) is 12.8 Å². The summed E-state index contributed by atoms with van der Waals surface area (Å²) in [7, 11) is -3.66. The van der Waals surface area contributed by atoms with Crippen molar-refractivity contribution in [1.82, 2.24) is 4.72 Å². The van der Waals surface area contributed by atoms with Crippen molar-refractivity contribution >= 4 is 38.6 Å². The van der Waals surface area contributed by atoms with Gasteiger partial charge in [-0.3, -0.25) is 4.79 Å². The second-order valence-corrected chi connectivity index (χ2v) is 8.44. The monoisotopic (exact) mass is 423 g/mol. The largest absolute Gasteiger partial charge is 0.481 e. The molecule has 0 spiro atoms. The summed E-state index contributed by atoms with van der Waals surface area (Å²) >= 11 is 2.10. The zero-order chi connectivity index (χ0) is 15.5. The van der Waals surface area contributed by atoms with Crippen LogP contribution in [-0.2, 0) is 14.8 Å². The molecule has 0 unspecified atom stereocenters. The van der Waals surface area contributed by atoms with E-state index in [1.54, 1.807) is 12.1 Å². The molecule has 1 aromatic rings. The second kappa shape index (κ2) is 6.62. The summed E-state index contributed by atoms with van der Waals surface area (Å²) in [5.41, 5.74) is -0.964. The molecule has 0 radical (unpaired) electrons. The summed E-state index contributed by atoms with van der Waals surface area (Å²) in [6.45, 7) is -0.0450. The third-order valence-electron chi connectivity index (χ3n) is 3.99. The van der Waals surface area contributed by atoms with E-state index in [0.717, 1.165) is 22.8 Å². The lowest BCUT2D eigenvalue weighted by molar-refractivity contribution is -0.150. The van der Waals surface area contributed by atoms with E-state index >= 15 is 0 Å². The molecule has 1 aromatic carbocycles. The first-order valence-corrected chi connectivity index (χ1v) is 9.41. The zero-order valence-corrected chi connectivity index (χ0v) is 14.5. The molecule has 7 heteroatoms.